The Bertz CT molecular complexity index is 789. The second-order valence-electron chi connectivity index (χ2n) is 4.69. The standard InChI is InChI=1S/C16H14ClN3O3S2/c17-14-6-5-12(25-14)9-24-10-16(22)20-19-15(21)8-23-13-4-2-1-3-11(13)7-18/h1-6H,8-10H2,(H,19,21)(H,20,22). The highest BCUT2D eigenvalue weighted by Gasteiger charge is 2.08. The molecule has 1 aromatic heterocycles. The molecule has 1 heterocycles. The third-order valence-electron chi connectivity index (χ3n) is 2.81. The summed E-state index contributed by atoms with van der Waals surface area (Å²) in [5, 5.41) is 8.93. The van der Waals surface area contributed by atoms with Crippen molar-refractivity contribution in [3.8, 4) is 11.8 Å². The first-order chi connectivity index (χ1) is 12.1. The van der Waals surface area contributed by atoms with E-state index >= 15 is 0 Å². The van der Waals surface area contributed by atoms with E-state index in [1.165, 1.54) is 23.1 Å². The zero-order valence-electron chi connectivity index (χ0n) is 13.0. The molecule has 2 rings (SSSR count). The third-order valence-corrected chi connectivity index (χ3v) is 5.21. The van der Waals surface area contributed by atoms with Gasteiger partial charge in [-0.25, -0.2) is 0 Å². The zero-order chi connectivity index (χ0) is 18.1. The average Bonchev–Trinajstić information content (AvgIpc) is 3.03. The van der Waals surface area contributed by atoms with Gasteiger partial charge in [0.2, 0.25) is 5.91 Å². The molecule has 2 N–H and O–H groups in total. The number of benzene rings is 1. The Balaban J connectivity index is 1.64. The molecule has 0 saturated heterocycles. The summed E-state index contributed by atoms with van der Waals surface area (Å²) >= 11 is 8.72. The molecule has 2 aromatic rings. The summed E-state index contributed by atoms with van der Waals surface area (Å²) in [4.78, 5) is 24.4. The van der Waals surface area contributed by atoms with Crippen molar-refractivity contribution in [3.63, 3.8) is 0 Å². The largest absolute Gasteiger partial charge is 0.482 e. The van der Waals surface area contributed by atoms with Crippen molar-refractivity contribution in [1.82, 2.24) is 10.9 Å². The molecule has 1 aromatic carbocycles. The monoisotopic (exact) mass is 395 g/mol. The highest BCUT2D eigenvalue weighted by molar-refractivity contribution is 7.99. The van der Waals surface area contributed by atoms with Gasteiger partial charge in [-0.05, 0) is 24.3 Å². The van der Waals surface area contributed by atoms with Crippen LogP contribution in [0.25, 0.3) is 0 Å². The van der Waals surface area contributed by atoms with Gasteiger partial charge in [-0.2, -0.15) is 5.26 Å². The minimum Gasteiger partial charge on any atom is -0.482 e. The number of hydrogen-bond acceptors (Lipinski definition) is 6. The van der Waals surface area contributed by atoms with Crippen LogP contribution >= 0.6 is 34.7 Å². The molecule has 0 saturated carbocycles. The molecule has 0 aliphatic carbocycles. The summed E-state index contributed by atoms with van der Waals surface area (Å²) in [6, 6.07) is 12.3. The number of thiophene rings is 1. The number of nitriles is 1. The van der Waals surface area contributed by atoms with E-state index in [0.717, 1.165) is 4.88 Å². The van der Waals surface area contributed by atoms with Crippen LogP contribution in [0, 0.1) is 11.3 Å². The predicted molar refractivity (Wildman–Crippen MR) is 98.4 cm³/mol. The Labute approximate surface area is 158 Å². The molecule has 0 fully saturated rings. The molecule has 6 nitrogen and oxygen atoms in total. The number of carbonyl (C=O) groups is 2. The van der Waals surface area contributed by atoms with E-state index in [1.807, 2.05) is 18.2 Å². The van der Waals surface area contributed by atoms with E-state index < -0.39 is 5.91 Å². The quantitative estimate of drug-likeness (QED) is 0.703. The van der Waals surface area contributed by atoms with Crippen LogP contribution in [0.1, 0.15) is 10.4 Å². The van der Waals surface area contributed by atoms with Crippen molar-refractivity contribution in [1.29, 1.82) is 5.26 Å². The van der Waals surface area contributed by atoms with Crippen LogP contribution in [-0.4, -0.2) is 24.2 Å². The minimum atomic E-state index is -0.517. The van der Waals surface area contributed by atoms with Gasteiger partial charge >= 0.3 is 0 Å². The molecule has 130 valence electrons. The number of nitrogens with zero attached hydrogens (tertiary/aromatic N) is 1. The number of ether oxygens (including phenoxy) is 1. The number of carbonyl (C=O) groups excluding carboxylic acids is 2. The van der Waals surface area contributed by atoms with E-state index in [-0.39, 0.29) is 18.3 Å². The molecular weight excluding hydrogens is 382 g/mol. The number of hydrazine groups is 1. The minimum absolute atomic E-state index is 0.202. The van der Waals surface area contributed by atoms with E-state index in [9.17, 15) is 9.59 Å². The SMILES string of the molecule is N#Cc1ccccc1OCC(=O)NNC(=O)CSCc1ccc(Cl)s1. The molecule has 0 unspecified atom stereocenters. The number of hydrogen-bond donors (Lipinski definition) is 2. The molecule has 0 radical (unpaired) electrons. The van der Waals surface area contributed by atoms with Crippen molar-refractivity contribution in [2.24, 2.45) is 0 Å². The first-order valence-corrected chi connectivity index (χ1v) is 9.45. The Kier molecular flexibility index (Phi) is 7.60. The Morgan fingerprint density at radius 2 is 1.96 bits per heavy atom. The lowest BCUT2D eigenvalue weighted by atomic mass is 10.2. The van der Waals surface area contributed by atoms with Crippen LogP contribution in [0.2, 0.25) is 4.34 Å². The van der Waals surface area contributed by atoms with Gasteiger partial charge in [0.25, 0.3) is 5.91 Å². The van der Waals surface area contributed by atoms with Gasteiger partial charge in [0.1, 0.15) is 11.8 Å². The first kappa shape index (κ1) is 19.1. The molecule has 2 amide bonds. The van der Waals surface area contributed by atoms with Gasteiger partial charge in [-0.1, -0.05) is 23.7 Å². The lowest BCUT2D eigenvalue weighted by Gasteiger charge is -2.09. The molecule has 9 heteroatoms. The van der Waals surface area contributed by atoms with E-state index in [1.54, 1.807) is 24.3 Å². The fourth-order valence-electron chi connectivity index (χ4n) is 1.71. The normalized spacial score (nSPS) is 9.92. The maximum atomic E-state index is 11.7. The smallest absolute Gasteiger partial charge is 0.276 e. The lowest BCUT2D eigenvalue weighted by Crippen LogP contribution is -2.44. The summed E-state index contributed by atoms with van der Waals surface area (Å²) in [5.41, 5.74) is 4.91. The van der Waals surface area contributed by atoms with Crippen molar-refractivity contribution in [3.05, 3.63) is 51.2 Å². The second-order valence-corrected chi connectivity index (χ2v) is 7.48. The number of amides is 2. The summed E-state index contributed by atoms with van der Waals surface area (Å²) in [6.45, 7) is -0.306. The summed E-state index contributed by atoms with van der Waals surface area (Å²) in [6.07, 6.45) is 0. The highest BCUT2D eigenvalue weighted by atomic mass is 35.5. The van der Waals surface area contributed by atoms with Gasteiger partial charge in [0.15, 0.2) is 6.61 Å². The fraction of sp³-hybridized carbons (Fsp3) is 0.188. The van der Waals surface area contributed by atoms with Gasteiger partial charge in [-0.15, -0.1) is 23.1 Å². The molecule has 0 bridgehead atoms. The summed E-state index contributed by atoms with van der Waals surface area (Å²) in [5.74, 6) is 0.354. The number of halogens is 1. The number of thioether (sulfide) groups is 1. The lowest BCUT2D eigenvalue weighted by molar-refractivity contribution is -0.128. The molecule has 0 atom stereocenters. The molecule has 25 heavy (non-hydrogen) atoms. The van der Waals surface area contributed by atoms with Gasteiger partial charge < -0.3 is 4.74 Å². The average molecular weight is 396 g/mol. The maximum absolute atomic E-state index is 11.7. The Hall–Kier alpha value is -2.21. The maximum Gasteiger partial charge on any atom is 0.276 e. The predicted octanol–water partition coefficient (Wildman–Crippen LogP) is 2.73. The van der Waals surface area contributed by atoms with Crippen molar-refractivity contribution in [2.75, 3.05) is 12.4 Å². The Morgan fingerprint density at radius 3 is 2.68 bits per heavy atom. The van der Waals surface area contributed by atoms with Crippen LogP contribution in [0.3, 0.4) is 0 Å². The second kappa shape index (κ2) is 9.93. The first-order valence-electron chi connectivity index (χ1n) is 7.10. The summed E-state index contributed by atoms with van der Waals surface area (Å²) in [7, 11) is 0. The van der Waals surface area contributed by atoms with Crippen LogP contribution in [-0.2, 0) is 15.3 Å². The molecular formula is C16H14ClN3O3S2. The number of rotatable bonds is 7. The van der Waals surface area contributed by atoms with Gasteiger partial charge in [0.05, 0.1) is 15.7 Å². The molecule has 0 aliphatic rings. The van der Waals surface area contributed by atoms with Gasteiger partial charge in [-0.3, -0.25) is 20.4 Å². The fourth-order valence-corrected chi connectivity index (χ4v) is 3.74. The van der Waals surface area contributed by atoms with Gasteiger partial charge in [0, 0.05) is 10.6 Å². The number of para-hydroxylation sites is 1. The van der Waals surface area contributed by atoms with Crippen LogP contribution in [0.4, 0.5) is 0 Å². The van der Waals surface area contributed by atoms with Crippen molar-refractivity contribution >= 4 is 46.5 Å². The van der Waals surface area contributed by atoms with Crippen molar-refractivity contribution < 1.29 is 14.3 Å². The summed E-state index contributed by atoms with van der Waals surface area (Å²) < 4.78 is 5.97. The van der Waals surface area contributed by atoms with E-state index in [2.05, 4.69) is 10.9 Å². The van der Waals surface area contributed by atoms with Crippen LogP contribution < -0.4 is 15.6 Å². The van der Waals surface area contributed by atoms with E-state index in [0.29, 0.717) is 21.4 Å². The molecule has 0 spiro atoms. The van der Waals surface area contributed by atoms with Crippen LogP contribution in [0.5, 0.6) is 5.75 Å². The Morgan fingerprint density at radius 1 is 1.20 bits per heavy atom. The van der Waals surface area contributed by atoms with E-state index in [4.69, 9.17) is 21.6 Å². The van der Waals surface area contributed by atoms with Crippen LogP contribution in [0.15, 0.2) is 36.4 Å². The molecule has 0 aliphatic heterocycles. The number of nitrogens with one attached hydrogen (secondary N) is 2. The topological polar surface area (TPSA) is 91.2 Å². The highest BCUT2D eigenvalue weighted by Crippen LogP contribution is 2.24. The third kappa shape index (κ3) is 6.66. The zero-order valence-corrected chi connectivity index (χ0v) is 15.3. The van der Waals surface area contributed by atoms with Crippen molar-refractivity contribution in [2.45, 2.75) is 5.75 Å².